The summed E-state index contributed by atoms with van der Waals surface area (Å²) in [5.41, 5.74) is -0.267. The van der Waals surface area contributed by atoms with Gasteiger partial charge in [-0.25, -0.2) is 0 Å². The van der Waals surface area contributed by atoms with E-state index in [-0.39, 0.29) is 13.2 Å². The first-order valence-electron chi connectivity index (χ1n) is 4.22. The van der Waals surface area contributed by atoms with E-state index < -0.39 is 5.60 Å². The Labute approximate surface area is 91.1 Å². The van der Waals surface area contributed by atoms with Gasteiger partial charge in [0.1, 0.15) is 5.60 Å². The lowest BCUT2D eigenvalue weighted by atomic mass is 10.1. The predicted octanol–water partition coefficient (Wildman–Crippen LogP) is 0.999. The Hall–Kier alpha value is -0.650. The second kappa shape index (κ2) is 4.72. The normalized spacial score (nSPS) is 14.9. The highest BCUT2D eigenvalue weighted by atomic mass is 79.9. The molecule has 1 heterocycles. The molecule has 0 aliphatic heterocycles. The first-order valence-corrected chi connectivity index (χ1v) is 5.01. The third-order valence-corrected chi connectivity index (χ3v) is 2.40. The van der Waals surface area contributed by atoms with Crippen molar-refractivity contribution < 1.29 is 10.2 Å². The van der Waals surface area contributed by atoms with E-state index in [1.807, 2.05) is 0 Å². The van der Waals surface area contributed by atoms with Gasteiger partial charge in [-0.05, 0) is 28.9 Å². The van der Waals surface area contributed by atoms with E-state index in [1.54, 1.807) is 25.4 Å². The fourth-order valence-corrected chi connectivity index (χ4v) is 1.25. The van der Waals surface area contributed by atoms with Crippen LogP contribution in [0.4, 0.5) is 5.69 Å². The third kappa shape index (κ3) is 3.25. The van der Waals surface area contributed by atoms with Crippen LogP contribution in [-0.2, 0) is 0 Å². The molecule has 0 saturated heterocycles. The summed E-state index contributed by atoms with van der Waals surface area (Å²) < 4.78 is 0.828. The maximum atomic E-state index is 9.53. The van der Waals surface area contributed by atoms with Crippen molar-refractivity contribution in [3.8, 4) is 0 Å². The Morgan fingerprint density at radius 2 is 2.36 bits per heavy atom. The van der Waals surface area contributed by atoms with Gasteiger partial charge in [0.05, 0.1) is 16.8 Å². The minimum absolute atomic E-state index is 0.275. The maximum Gasteiger partial charge on any atom is 0.102 e. The monoisotopic (exact) mass is 260 g/mol. The van der Waals surface area contributed by atoms with E-state index in [0.717, 1.165) is 10.2 Å². The number of anilines is 1. The minimum Gasteiger partial charge on any atom is -0.393 e. The van der Waals surface area contributed by atoms with Crippen LogP contribution in [0.15, 0.2) is 22.9 Å². The average Bonchev–Trinajstić information content (AvgIpc) is 2.17. The lowest BCUT2D eigenvalue weighted by Crippen LogP contribution is -2.37. The van der Waals surface area contributed by atoms with Gasteiger partial charge in [0, 0.05) is 18.9 Å². The molecule has 0 saturated carbocycles. The SMILES string of the molecule is CC(O)(CO)CNc1ccncc1Br. The van der Waals surface area contributed by atoms with Gasteiger partial charge in [-0.3, -0.25) is 4.98 Å². The lowest BCUT2D eigenvalue weighted by Gasteiger charge is -2.21. The first kappa shape index (κ1) is 11.4. The molecular weight excluding hydrogens is 248 g/mol. The van der Waals surface area contributed by atoms with Crippen LogP contribution < -0.4 is 5.32 Å². The molecule has 4 nitrogen and oxygen atoms in total. The second-order valence-electron chi connectivity index (χ2n) is 3.36. The summed E-state index contributed by atoms with van der Waals surface area (Å²) in [6, 6.07) is 1.79. The predicted molar refractivity (Wildman–Crippen MR) is 58.1 cm³/mol. The number of aliphatic hydroxyl groups is 2. The summed E-state index contributed by atoms with van der Waals surface area (Å²) in [5.74, 6) is 0. The van der Waals surface area contributed by atoms with Crippen LogP contribution in [0.3, 0.4) is 0 Å². The Balaban J connectivity index is 2.58. The van der Waals surface area contributed by atoms with Crippen LogP contribution in [0, 0.1) is 0 Å². The molecule has 0 aliphatic rings. The van der Waals surface area contributed by atoms with Crippen LogP contribution in [0.5, 0.6) is 0 Å². The molecular formula is C9H13BrN2O2. The van der Waals surface area contributed by atoms with Gasteiger partial charge < -0.3 is 15.5 Å². The van der Waals surface area contributed by atoms with Crippen LogP contribution in [-0.4, -0.2) is 33.9 Å². The Morgan fingerprint density at radius 1 is 1.64 bits per heavy atom. The molecule has 0 spiro atoms. The summed E-state index contributed by atoms with van der Waals surface area (Å²) in [7, 11) is 0. The number of aliphatic hydroxyl groups excluding tert-OH is 1. The molecule has 1 unspecified atom stereocenters. The zero-order valence-corrected chi connectivity index (χ0v) is 9.45. The minimum atomic E-state index is -1.11. The van der Waals surface area contributed by atoms with Gasteiger partial charge in [-0.2, -0.15) is 0 Å². The van der Waals surface area contributed by atoms with Gasteiger partial charge in [0.2, 0.25) is 0 Å². The molecule has 1 aromatic heterocycles. The summed E-state index contributed by atoms with van der Waals surface area (Å²) in [6.07, 6.45) is 3.32. The molecule has 3 N–H and O–H groups in total. The average molecular weight is 261 g/mol. The van der Waals surface area contributed by atoms with E-state index in [2.05, 4.69) is 26.2 Å². The number of rotatable bonds is 4. The molecule has 0 bridgehead atoms. The van der Waals surface area contributed by atoms with Crippen molar-refractivity contribution in [1.29, 1.82) is 0 Å². The topological polar surface area (TPSA) is 65.4 Å². The van der Waals surface area contributed by atoms with Crippen molar-refractivity contribution in [3.63, 3.8) is 0 Å². The molecule has 1 atom stereocenters. The number of hydrogen-bond acceptors (Lipinski definition) is 4. The molecule has 14 heavy (non-hydrogen) atoms. The van der Waals surface area contributed by atoms with Crippen molar-refractivity contribution in [2.45, 2.75) is 12.5 Å². The van der Waals surface area contributed by atoms with Crippen molar-refractivity contribution >= 4 is 21.6 Å². The van der Waals surface area contributed by atoms with E-state index >= 15 is 0 Å². The fraction of sp³-hybridized carbons (Fsp3) is 0.444. The summed E-state index contributed by atoms with van der Waals surface area (Å²) >= 11 is 3.32. The highest BCUT2D eigenvalue weighted by Crippen LogP contribution is 2.20. The van der Waals surface area contributed by atoms with Crippen LogP contribution >= 0.6 is 15.9 Å². The second-order valence-corrected chi connectivity index (χ2v) is 4.22. The molecule has 5 heteroatoms. The van der Waals surface area contributed by atoms with Gasteiger partial charge in [0.25, 0.3) is 0 Å². The summed E-state index contributed by atoms with van der Waals surface area (Å²) in [5, 5.41) is 21.4. The molecule has 0 fully saturated rings. The standard InChI is InChI=1S/C9H13BrN2O2/c1-9(14,6-13)5-12-8-2-3-11-4-7(8)10/h2-4,13-14H,5-6H2,1H3,(H,11,12). The van der Waals surface area contributed by atoms with E-state index in [4.69, 9.17) is 5.11 Å². The molecule has 0 aliphatic carbocycles. The van der Waals surface area contributed by atoms with Crippen LogP contribution in [0.25, 0.3) is 0 Å². The molecule has 0 radical (unpaired) electrons. The highest BCUT2D eigenvalue weighted by molar-refractivity contribution is 9.10. The van der Waals surface area contributed by atoms with E-state index in [9.17, 15) is 5.11 Å². The van der Waals surface area contributed by atoms with Crippen molar-refractivity contribution in [1.82, 2.24) is 4.98 Å². The van der Waals surface area contributed by atoms with E-state index in [1.165, 1.54) is 0 Å². The molecule has 0 amide bonds. The van der Waals surface area contributed by atoms with Crippen LogP contribution in [0.1, 0.15) is 6.92 Å². The Morgan fingerprint density at radius 3 is 2.93 bits per heavy atom. The lowest BCUT2D eigenvalue weighted by molar-refractivity contribution is 0.0132. The smallest absolute Gasteiger partial charge is 0.102 e. The summed E-state index contributed by atoms with van der Waals surface area (Å²) in [6.45, 7) is 1.57. The molecule has 1 rings (SSSR count). The summed E-state index contributed by atoms with van der Waals surface area (Å²) in [4.78, 5) is 3.91. The maximum absolute atomic E-state index is 9.53. The number of nitrogens with zero attached hydrogens (tertiary/aromatic N) is 1. The zero-order valence-electron chi connectivity index (χ0n) is 7.87. The highest BCUT2D eigenvalue weighted by Gasteiger charge is 2.18. The molecule has 0 aromatic carbocycles. The number of nitrogens with one attached hydrogen (secondary N) is 1. The number of halogens is 1. The van der Waals surface area contributed by atoms with Crippen LogP contribution in [0.2, 0.25) is 0 Å². The largest absolute Gasteiger partial charge is 0.393 e. The van der Waals surface area contributed by atoms with E-state index in [0.29, 0.717) is 0 Å². The third-order valence-electron chi connectivity index (χ3n) is 1.77. The number of aromatic nitrogens is 1. The van der Waals surface area contributed by atoms with Crippen molar-refractivity contribution in [2.75, 3.05) is 18.5 Å². The first-order chi connectivity index (χ1) is 6.55. The molecule has 78 valence electrons. The molecule has 1 aromatic rings. The number of pyridine rings is 1. The van der Waals surface area contributed by atoms with Crippen molar-refractivity contribution in [2.24, 2.45) is 0 Å². The van der Waals surface area contributed by atoms with Gasteiger partial charge in [-0.15, -0.1) is 0 Å². The van der Waals surface area contributed by atoms with Gasteiger partial charge >= 0.3 is 0 Å². The fourth-order valence-electron chi connectivity index (χ4n) is 0.860. The van der Waals surface area contributed by atoms with Gasteiger partial charge in [-0.1, -0.05) is 0 Å². The zero-order chi connectivity index (χ0) is 10.6. The van der Waals surface area contributed by atoms with Crippen molar-refractivity contribution in [3.05, 3.63) is 22.9 Å². The Kier molecular flexibility index (Phi) is 3.86. The quantitative estimate of drug-likeness (QED) is 0.756. The van der Waals surface area contributed by atoms with Gasteiger partial charge in [0.15, 0.2) is 0 Å². The number of hydrogen-bond donors (Lipinski definition) is 3. The Bertz CT molecular complexity index is 305.